The molecule has 1 fully saturated rings. The summed E-state index contributed by atoms with van der Waals surface area (Å²) >= 11 is 0. The SMILES string of the molecule is CN1C(=O)c2ccc(NC(=O)C3CCCCN3)cc2C1=O. The third kappa shape index (κ3) is 2.42. The molecule has 3 rings (SSSR count). The van der Waals surface area contributed by atoms with Gasteiger partial charge in [0.2, 0.25) is 5.91 Å². The summed E-state index contributed by atoms with van der Waals surface area (Å²) in [5, 5.41) is 5.98. The van der Waals surface area contributed by atoms with E-state index in [0.717, 1.165) is 30.7 Å². The second-order valence-corrected chi connectivity index (χ2v) is 5.42. The Bertz CT molecular complexity index is 621. The van der Waals surface area contributed by atoms with Gasteiger partial charge in [0, 0.05) is 12.7 Å². The Morgan fingerprint density at radius 1 is 1.24 bits per heavy atom. The zero-order valence-electron chi connectivity index (χ0n) is 11.8. The second kappa shape index (κ2) is 5.29. The molecular weight excluding hydrogens is 270 g/mol. The van der Waals surface area contributed by atoms with Crippen molar-refractivity contribution in [1.82, 2.24) is 10.2 Å². The summed E-state index contributed by atoms with van der Waals surface area (Å²) in [7, 11) is 1.45. The molecule has 2 N–H and O–H groups in total. The Morgan fingerprint density at radius 3 is 2.71 bits per heavy atom. The summed E-state index contributed by atoms with van der Waals surface area (Å²) in [5.74, 6) is -0.733. The zero-order chi connectivity index (χ0) is 15.0. The van der Waals surface area contributed by atoms with Gasteiger partial charge in [-0.2, -0.15) is 0 Å². The molecule has 1 aromatic rings. The van der Waals surface area contributed by atoms with Crippen LogP contribution in [0.15, 0.2) is 18.2 Å². The van der Waals surface area contributed by atoms with Gasteiger partial charge in [0.25, 0.3) is 11.8 Å². The first kappa shape index (κ1) is 13.8. The highest BCUT2D eigenvalue weighted by atomic mass is 16.2. The van der Waals surface area contributed by atoms with Gasteiger partial charge in [-0.1, -0.05) is 6.42 Å². The molecule has 0 bridgehead atoms. The normalized spacial score (nSPS) is 21.4. The monoisotopic (exact) mass is 287 g/mol. The number of anilines is 1. The van der Waals surface area contributed by atoms with Crippen LogP contribution in [0, 0.1) is 0 Å². The third-order valence-electron chi connectivity index (χ3n) is 3.98. The summed E-state index contributed by atoms with van der Waals surface area (Å²) in [6.45, 7) is 0.847. The number of hydrogen-bond donors (Lipinski definition) is 2. The Labute approximate surface area is 122 Å². The van der Waals surface area contributed by atoms with E-state index in [1.54, 1.807) is 18.2 Å². The molecule has 0 radical (unpaired) electrons. The first-order valence-corrected chi connectivity index (χ1v) is 7.08. The van der Waals surface area contributed by atoms with E-state index in [4.69, 9.17) is 0 Å². The molecule has 1 unspecified atom stereocenters. The van der Waals surface area contributed by atoms with Crippen molar-refractivity contribution in [1.29, 1.82) is 0 Å². The van der Waals surface area contributed by atoms with Crippen molar-refractivity contribution in [3.63, 3.8) is 0 Å². The van der Waals surface area contributed by atoms with Crippen LogP contribution in [0.2, 0.25) is 0 Å². The van der Waals surface area contributed by atoms with Gasteiger partial charge in [0.1, 0.15) is 0 Å². The van der Waals surface area contributed by atoms with Gasteiger partial charge in [-0.05, 0) is 37.6 Å². The molecule has 1 atom stereocenters. The van der Waals surface area contributed by atoms with Crippen LogP contribution in [0.3, 0.4) is 0 Å². The first-order valence-electron chi connectivity index (χ1n) is 7.08. The predicted octanol–water partition coefficient (Wildman–Crippen LogP) is 0.993. The Kier molecular flexibility index (Phi) is 3.47. The molecule has 21 heavy (non-hydrogen) atoms. The molecule has 6 heteroatoms. The number of hydrogen-bond acceptors (Lipinski definition) is 4. The number of piperidine rings is 1. The Balaban J connectivity index is 1.77. The summed E-state index contributed by atoms with van der Waals surface area (Å²) in [5.41, 5.74) is 1.27. The second-order valence-electron chi connectivity index (χ2n) is 5.42. The molecule has 0 aliphatic carbocycles. The average molecular weight is 287 g/mol. The topological polar surface area (TPSA) is 78.5 Å². The lowest BCUT2D eigenvalue weighted by Crippen LogP contribution is -2.43. The molecule has 2 aliphatic heterocycles. The van der Waals surface area contributed by atoms with Gasteiger partial charge in [-0.25, -0.2) is 0 Å². The van der Waals surface area contributed by atoms with E-state index in [0.29, 0.717) is 16.8 Å². The van der Waals surface area contributed by atoms with Crippen LogP contribution in [0.5, 0.6) is 0 Å². The van der Waals surface area contributed by atoms with Crippen molar-refractivity contribution < 1.29 is 14.4 Å². The van der Waals surface area contributed by atoms with Crippen LogP contribution in [-0.4, -0.2) is 42.3 Å². The van der Waals surface area contributed by atoms with Gasteiger partial charge in [0.05, 0.1) is 17.2 Å². The van der Waals surface area contributed by atoms with Crippen LogP contribution < -0.4 is 10.6 Å². The highest BCUT2D eigenvalue weighted by Crippen LogP contribution is 2.25. The quantitative estimate of drug-likeness (QED) is 0.795. The predicted molar refractivity (Wildman–Crippen MR) is 77.1 cm³/mol. The molecule has 6 nitrogen and oxygen atoms in total. The van der Waals surface area contributed by atoms with Gasteiger partial charge < -0.3 is 10.6 Å². The molecule has 2 heterocycles. The van der Waals surface area contributed by atoms with Crippen molar-refractivity contribution in [3.05, 3.63) is 29.3 Å². The van der Waals surface area contributed by atoms with Gasteiger partial charge in [-0.15, -0.1) is 0 Å². The lowest BCUT2D eigenvalue weighted by molar-refractivity contribution is -0.118. The number of imide groups is 1. The highest BCUT2D eigenvalue weighted by molar-refractivity contribution is 6.21. The average Bonchev–Trinajstić information content (AvgIpc) is 2.73. The van der Waals surface area contributed by atoms with Gasteiger partial charge >= 0.3 is 0 Å². The fourth-order valence-corrected chi connectivity index (χ4v) is 2.74. The lowest BCUT2D eigenvalue weighted by atomic mass is 10.0. The third-order valence-corrected chi connectivity index (χ3v) is 3.98. The molecule has 0 spiro atoms. The van der Waals surface area contributed by atoms with Crippen LogP contribution >= 0.6 is 0 Å². The van der Waals surface area contributed by atoms with Crippen molar-refractivity contribution in [2.75, 3.05) is 18.9 Å². The van der Waals surface area contributed by atoms with E-state index in [1.165, 1.54) is 7.05 Å². The summed E-state index contributed by atoms with van der Waals surface area (Å²) in [6, 6.07) is 4.62. The number of rotatable bonds is 2. The van der Waals surface area contributed by atoms with Crippen LogP contribution in [0.25, 0.3) is 0 Å². The van der Waals surface area contributed by atoms with Crippen LogP contribution in [0.1, 0.15) is 40.0 Å². The Hall–Kier alpha value is -2.21. The smallest absolute Gasteiger partial charge is 0.261 e. The fraction of sp³-hybridized carbons (Fsp3) is 0.400. The minimum atomic E-state index is -0.332. The number of carbonyl (C=O) groups is 3. The van der Waals surface area contributed by atoms with E-state index in [1.807, 2.05) is 0 Å². The number of nitrogens with zero attached hydrogens (tertiary/aromatic N) is 1. The maximum Gasteiger partial charge on any atom is 0.261 e. The van der Waals surface area contributed by atoms with E-state index >= 15 is 0 Å². The standard InChI is InChI=1S/C15H17N3O3/c1-18-14(20)10-6-5-9(8-11(10)15(18)21)17-13(19)12-4-2-3-7-16-12/h5-6,8,12,16H,2-4,7H2,1H3,(H,17,19). The molecule has 110 valence electrons. The van der Waals surface area contributed by atoms with Crippen molar-refractivity contribution in [2.45, 2.75) is 25.3 Å². The number of amides is 3. The van der Waals surface area contributed by atoms with E-state index in [2.05, 4.69) is 10.6 Å². The molecule has 0 saturated carbocycles. The van der Waals surface area contributed by atoms with E-state index < -0.39 is 0 Å². The summed E-state index contributed by atoms with van der Waals surface area (Å²) in [6.07, 6.45) is 2.94. The number of benzene rings is 1. The summed E-state index contributed by atoms with van der Waals surface area (Å²) in [4.78, 5) is 36.9. The van der Waals surface area contributed by atoms with Crippen LogP contribution in [-0.2, 0) is 4.79 Å². The lowest BCUT2D eigenvalue weighted by Gasteiger charge is -2.22. The van der Waals surface area contributed by atoms with Crippen molar-refractivity contribution in [2.24, 2.45) is 0 Å². The minimum Gasteiger partial charge on any atom is -0.325 e. The van der Waals surface area contributed by atoms with E-state index in [9.17, 15) is 14.4 Å². The van der Waals surface area contributed by atoms with E-state index in [-0.39, 0.29) is 23.8 Å². The molecule has 0 aromatic heterocycles. The van der Waals surface area contributed by atoms with Gasteiger partial charge in [-0.3, -0.25) is 19.3 Å². The largest absolute Gasteiger partial charge is 0.325 e. The van der Waals surface area contributed by atoms with Crippen molar-refractivity contribution >= 4 is 23.4 Å². The van der Waals surface area contributed by atoms with Crippen molar-refractivity contribution in [3.8, 4) is 0 Å². The van der Waals surface area contributed by atoms with Crippen LogP contribution in [0.4, 0.5) is 5.69 Å². The first-order chi connectivity index (χ1) is 10.1. The Morgan fingerprint density at radius 2 is 2.00 bits per heavy atom. The molecule has 2 aliphatic rings. The number of nitrogens with one attached hydrogen (secondary N) is 2. The molecule has 1 saturated heterocycles. The number of fused-ring (bicyclic) bond motifs is 1. The zero-order valence-corrected chi connectivity index (χ0v) is 11.8. The molecule has 1 aromatic carbocycles. The maximum absolute atomic E-state index is 12.1. The minimum absolute atomic E-state index is 0.0974. The van der Waals surface area contributed by atoms with Gasteiger partial charge in [0.15, 0.2) is 0 Å². The fourth-order valence-electron chi connectivity index (χ4n) is 2.74. The molecule has 3 amide bonds. The maximum atomic E-state index is 12.1. The summed E-state index contributed by atoms with van der Waals surface area (Å²) < 4.78 is 0. The molecular formula is C15H17N3O3. The number of carbonyl (C=O) groups excluding carboxylic acids is 3. The highest BCUT2D eigenvalue weighted by Gasteiger charge is 2.33.